The van der Waals surface area contributed by atoms with Crippen LogP contribution >= 0.6 is 0 Å². The minimum atomic E-state index is -1.05. The summed E-state index contributed by atoms with van der Waals surface area (Å²) < 4.78 is 0. The van der Waals surface area contributed by atoms with E-state index in [1.807, 2.05) is 6.92 Å². The van der Waals surface area contributed by atoms with Gasteiger partial charge in [0.1, 0.15) is 6.10 Å². The van der Waals surface area contributed by atoms with Crippen LogP contribution in [-0.4, -0.2) is 81.6 Å². The first kappa shape index (κ1) is 19.1. The van der Waals surface area contributed by atoms with Crippen molar-refractivity contribution in [3.63, 3.8) is 0 Å². The molecule has 6 heteroatoms. The second-order valence-electron chi connectivity index (χ2n) is 8.35. The van der Waals surface area contributed by atoms with Crippen molar-refractivity contribution in [1.29, 1.82) is 0 Å². The van der Waals surface area contributed by atoms with Gasteiger partial charge in [-0.2, -0.15) is 0 Å². The molecule has 0 bridgehead atoms. The molecule has 4 atom stereocenters. The van der Waals surface area contributed by atoms with Gasteiger partial charge < -0.3 is 20.2 Å². The molecule has 0 aromatic rings. The van der Waals surface area contributed by atoms with E-state index in [1.54, 1.807) is 0 Å². The normalized spacial score (nSPS) is 36.6. The summed E-state index contributed by atoms with van der Waals surface area (Å²) in [5.74, 6) is 1.09. The molecule has 2 aliphatic heterocycles. The van der Waals surface area contributed by atoms with E-state index in [1.165, 1.54) is 19.3 Å². The molecule has 1 aliphatic carbocycles. The van der Waals surface area contributed by atoms with E-state index >= 15 is 0 Å². The van der Waals surface area contributed by atoms with Gasteiger partial charge in [0.2, 0.25) is 5.91 Å². The maximum absolute atomic E-state index is 12.6. The number of hydrogen-bond acceptors (Lipinski definition) is 5. The third-order valence-corrected chi connectivity index (χ3v) is 6.61. The third kappa shape index (κ3) is 4.35. The van der Waals surface area contributed by atoms with E-state index in [9.17, 15) is 20.1 Å². The lowest BCUT2D eigenvalue weighted by Gasteiger charge is -2.44. The molecule has 0 aromatic heterocycles. The van der Waals surface area contributed by atoms with Crippen molar-refractivity contribution in [3.05, 3.63) is 0 Å². The van der Waals surface area contributed by atoms with E-state index in [-0.39, 0.29) is 12.0 Å². The maximum atomic E-state index is 12.6. The van der Waals surface area contributed by atoms with Crippen molar-refractivity contribution in [2.75, 3.05) is 26.2 Å². The second-order valence-corrected chi connectivity index (χ2v) is 8.35. The molecule has 3 rings (SSSR count). The number of piperidine rings is 2. The lowest BCUT2D eigenvalue weighted by Crippen LogP contribution is -2.61. The van der Waals surface area contributed by atoms with Crippen LogP contribution in [0.25, 0.3) is 0 Å². The molecule has 25 heavy (non-hydrogen) atoms. The van der Waals surface area contributed by atoms with Gasteiger partial charge in [-0.15, -0.1) is 0 Å². The summed E-state index contributed by atoms with van der Waals surface area (Å²) in [7, 11) is 0. The van der Waals surface area contributed by atoms with Gasteiger partial charge in [0.25, 0.3) is 0 Å². The number of β-amino-alcohol motifs (C(OH)–C–C–N with tert-alkyl or cyclic N) is 1. The minimum absolute atomic E-state index is 0.152. The number of nitrogens with zero attached hydrogens (tertiary/aromatic N) is 2. The SMILES string of the molecule is C[C@@H]1[C@@H](O)[C@H](O)[C@@H](O)CN1CC1CCN(C(=O)C2CCCCC2)CC1. The molecule has 0 unspecified atom stereocenters. The average Bonchev–Trinajstić information content (AvgIpc) is 2.65. The van der Waals surface area contributed by atoms with Crippen molar-refractivity contribution in [3.8, 4) is 0 Å². The predicted octanol–water partition coefficient (Wildman–Crippen LogP) is 0.592. The van der Waals surface area contributed by atoms with Crippen molar-refractivity contribution >= 4 is 5.91 Å². The Hall–Kier alpha value is -0.690. The Morgan fingerprint density at radius 1 is 0.960 bits per heavy atom. The highest BCUT2D eigenvalue weighted by Gasteiger charge is 2.40. The van der Waals surface area contributed by atoms with Crippen LogP contribution in [-0.2, 0) is 4.79 Å². The van der Waals surface area contributed by atoms with Gasteiger partial charge in [0, 0.05) is 38.1 Å². The van der Waals surface area contributed by atoms with Crippen LogP contribution in [0.4, 0.5) is 0 Å². The first-order chi connectivity index (χ1) is 12.0. The fraction of sp³-hybridized carbons (Fsp3) is 0.947. The molecular weight excluding hydrogens is 320 g/mol. The van der Waals surface area contributed by atoms with Crippen LogP contribution in [0.3, 0.4) is 0 Å². The van der Waals surface area contributed by atoms with E-state index in [4.69, 9.17) is 0 Å². The molecule has 0 aromatic carbocycles. The van der Waals surface area contributed by atoms with Crippen LogP contribution in [0, 0.1) is 11.8 Å². The number of carbonyl (C=O) groups is 1. The van der Waals surface area contributed by atoms with Gasteiger partial charge in [0.05, 0.1) is 12.2 Å². The molecule has 0 radical (unpaired) electrons. The summed E-state index contributed by atoms with van der Waals surface area (Å²) in [6.45, 7) is 4.78. The van der Waals surface area contributed by atoms with E-state index in [0.29, 0.717) is 18.4 Å². The lowest BCUT2D eigenvalue weighted by molar-refractivity contribution is -0.140. The first-order valence-electron chi connectivity index (χ1n) is 10.0. The Labute approximate surface area is 150 Å². The molecule has 2 saturated heterocycles. The molecule has 6 nitrogen and oxygen atoms in total. The topological polar surface area (TPSA) is 84.2 Å². The van der Waals surface area contributed by atoms with Gasteiger partial charge in [0.15, 0.2) is 0 Å². The molecule has 3 N–H and O–H groups in total. The number of carbonyl (C=O) groups excluding carboxylic acids is 1. The Kier molecular flexibility index (Phi) is 6.36. The number of amides is 1. The Morgan fingerprint density at radius 3 is 2.24 bits per heavy atom. The standard InChI is InChI=1S/C19H34N2O4/c1-13-17(23)18(24)16(22)12-21(13)11-14-7-9-20(10-8-14)19(25)15-5-3-2-4-6-15/h13-18,22-24H,2-12H2,1H3/t13-,16+,17-,18-/m1/s1. The Morgan fingerprint density at radius 2 is 1.60 bits per heavy atom. The van der Waals surface area contributed by atoms with E-state index < -0.39 is 18.3 Å². The van der Waals surface area contributed by atoms with Gasteiger partial charge in [-0.1, -0.05) is 19.3 Å². The number of hydrogen-bond donors (Lipinski definition) is 3. The molecule has 3 fully saturated rings. The van der Waals surface area contributed by atoms with Crippen LogP contribution in [0.1, 0.15) is 51.9 Å². The molecule has 1 saturated carbocycles. The summed E-state index contributed by atoms with van der Waals surface area (Å²) >= 11 is 0. The first-order valence-corrected chi connectivity index (χ1v) is 10.0. The summed E-state index contributed by atoms with van der Waals surface area (Å²) in [4.78, 5) is 16.8. The van der Waals surface area contributed by atoms with Crippen LogP contribution in [0.2, 0.25) is 0 Å². The monoisotopic (exact) mass is 354 g/mol. The largest absolute Gasteiger partial charge is 0.389 e. The highest BCUT2D eigenvalue weighted by atomic mass is 16.4. The third-order valence-electron chi connectivity index (χ3n) is 6.61. The summed E-state index contributed by atoms with van der Waals surface area (Å²) in [6, 6.07) is -0.152. The zero-order valence-corrected chi connectivity index (χ0v) is 15.4. The number of likely N-dealkylation sites (tertiary alicyclic amines) is 2. The van der Waals surface area contributed by atoms with Crippen molar-refractivity contribution in [1.82, 2.24) is 9.80 Å². The van der Waals surface area contributed by atoms with Gasteiger partial charge in [-0.05, 0) is 38.5 Å². The highest BCUT2D eigenvalue weighted by Crippen LogP contribution is 2.28. The van der Waals surface area contributed by atoms with Crippen molar-refractivity contribution in [2.45, 2.75) is 76.2 Å². The fourth-order valence-electron chi connectivity index (χ4n) is 4.76. The zero-order chi connectivity index (χ0) is 18.0. The van der Waals surface area contributed by atoms with Gasteiger partial charge >= 0.3 is 0 Å². The maximum Gasteiger partial charge on any atom is 0.225 e. The van der Waals surface area contributed by atoms with Gasteiger partial charge in [-0.25, -0.2) is 0 Å². The van der Waals surface area contributed by atoms with Crippen molar-refractivity contribution in [2.24, 2.45) is 11.8 Å². The fourth-order valence-corrected chi connectivity index (χ4v) is 4.76. The summed E-state index contributed by atoms with van der Waals surface area (Å²) in [5.41, 5.74) is 0. The number of rotatable bonds is 3. The smallest absolute Gasteiger partial charge is 0.225 e. The highest BCUT2D eigenvalue weighted by molar-refractivity contribution is 5.79. The Balaban J connectivity index is 1.47. The molecular formula is C19H34N2O4. The average molecular weight is 354 g/mol. The molecule has 144 valence electrons. The molecule has 0 spiro atoms. The number of aliphatic hydroxyl groups is 3. The van der Waals surface area contributed by atoms with Gasteiger partial charge in [-0.3, -0.25) is 9.69 Å². The van der Waals surface area contributed by atoms with Crippen LogP contribution in [0.5, 0.6) is 0 Å². The quantitative estimate of drug-likeness (QED) is 0.691. The predicted molar refractivity (Wildman–Crippen MR) is 94.9 cm³/mol. The Bertz CT molecular complexity index is 447. The molecule has 2 heterocycles. The van der Waals surface area contributed by atoms with Crippen LogP contribution in [0.15, 0.2) is 0 Å². The molecule has 1 amide bonds. The lowest BCUT2D eigenvalue weighted by atomic mass is 9.87. The van der Waals surface area contributed by atoms with Crippen molar-refractivity contribution < 1.29 is 20.1 Å². The number of aliphatic hydroxyl groups excluding tert-OH is 3. The molecule has 3 aliphatic rings. The van der Waals surface area contributed by atoms with Crippen LogP contribution < -0.4 is 0 Å². The second kappa shape index (κ2) is 8.33. The summed E-state index contributed by atoms with van der Waals surface area (Å²) in [6.07, 6.45) is 4.88. The minimum Gasteiger partial charge on any atom is -0.389 e. The summed E-state index contributed by atoms with van der Waals surface area (Å²) in [5, 5.41) is 29.8. The van der Waals surface area contributed by atoms with E-state index in [2.05, 4.69) is 9.80 Å². The zero-order valence-electron chi connectivity index (χ0n) is 15.4. The van der Waals surface area contributed by atoms with E-state index in [0.717, 1.165) is 45.3 Å².